The number of rotatable bonds is 4. The minimum Gasteiger partial charge on any atom is -0.378 e. The first-order valence-corrected chi connectivity index (χ1v) is 6.59. The Morgan fingerprint density at radius 3 is 2.56 bits per heavy atom. The number of nitrogens with one attached hydrogen (secondary N) is 1. The molecule has 1 rings (SSSR count). The van der Waals surface area contributed by atoms with Crippen LogP contribution in [-0.2, 0) is 9.84 Å². The number of benzene rings is 1. The predicted octanol–water partition coefficient (Wildman–Crippen LogP) is 1.36. The van der Waals surface area contributed by atoms with Gasteiger partial charge in [-0.2, -0.15) is 5.26 Å². The fourth-order valence-corrected chi connectivity index (χ4v) is 2.32. The highest BCUT2D eigenvalue weighted by atomic mass is 32.2. The number of aryl methyl sites for hydroxylation is 1. The zero-order valence-electron chi connectivity index (χ0n) is 9.84. The maximum Gasteiger partial charge on any atom is 0.218 e. The lowest BCUT2D eigenvalue weighted by molar-refractivity contribution is 0.603. The molecule has 92 valence electrons. The minimum atomic E-state index is -3.78. The fraction of sp³-hybridized carbons (Fsp3) is 0.154. The van der Waals surface area contributed by atoms with E-state index in [1.165, 1.54) is 12.1 Å². The Balaban J connectivity index is 3.13. The van der Waals surface area contributed by atoms with Gasteiger partial charge in [0.25, 0.3) is 0 Å². The summed E-state index contributed by atoms with van der Waals surface area (Å²) in [6.07, 6.45) is 6.14. The number of terminal acetylenes is 1. The molecule has 1 aromatic carbocycles. The number of allylic oxidation sites excluding steroid dienone is 1. The Kier molecular flexibility index (Phi) is 4.53. The lowest BCUT2D eigenvalue weighted by Gasteiger charge is -2.03. The van der Waals surface area contributed by atoms with Gasteiger partial charge in [-0.3, -0.25) is 0 Å². The van der Waals surface area contributed by atoms with E-state index in [1.807, 2.05) is 6.92 Å². The summed E-state index contributed by atoms with van der Waals surface area (Å²) in [5.41, 5.74) is 0.946. The first-order chi connectivity index (χ1) is 8.52. The molecular weight excluding hydrogens is 248 g/mol. The summed E-state index contributed by atoms with van der Waals surface area (Å²) in [6.45, 7) is 2.01. The predicted molar refractivity (Wildman–Crippen MR) is 68.9 cm³/mol. The van der Waals surface area contributed by atoms with Crippen molar-refractivity contribution in [3.05, 3.63) is 40.9 Å². The van der Waals surface area contributed by atoms with Gasteiger partial charge in [-0.05, 0) is 19.1 Å². The third kappa shape index (κ3) is 3.13. The van der Waals surface area contributed by atoms with E-state index in [9.17, 15) is 8.42 Å². The topological polar surface area (TPSA) is 70.0 Å². The Labute approximate surface area is 107 Å². The molecule has 0 amide bonds. The summed E-state index contributed by atoms with van der Waals surface area (Å²) in [5, 5.41) is 11.5. The molecule has 0 saturated heterocycles. The summed E-state index contributed by atoms with van der Waals surface area (Å²) >= 11 is 0. The van der Waals surface area contributed by atoms with Crippen LogP contribution in [0.25, 0.3) is 0 Å². The molecule has 4 nitrogen and oxygen atoms in total. The molecule has 0 fully saturated rings. The van der Waals surface area contributed by atoms with Crippen molar-refractivity contribution in [2.45, 2.75) is 11.8 Å². The summed E-state index contributed by atoms with van der Waals surface area (Å²) in [5.74, 6) is 2.29. The van der Waals surface area contributed by atoms with Gasteiger partial charge in [0.05, 0.1) is 11.4 Å². The second kappa shape index (κ2) is 5.90. The van der Waals surface area contributed by atoms with E-state index in [0.717, 1.165) is 11.8 Å². The largest absolute Gasteiger partial charge is 0.378 e. The minimum absolute atomic E-state index is 0.0865. The first-order valence-electron chi connectivity index (χ1n) is 5.11. The summed E-state index contributed by atoms with van der Waals surface area (Å²) < 4.78 is 24.2. The molecular formula is C13H12N2O2S. The van der Waals surface area contributed by atoms with Gasteiger partial charge in [0.1, 0.15) is 6.07 Å². The van der Waals surface area contributed by atoms with Crippen LogP contribution in [0.1, 0.15) is 5.56 Å². The second-order valence-corrected chi connectivity index (χ2v) is 5.44. The normalized spacial score (nSPS) is 11.4. The summed E-state index contributed by atoms with van der Waals surface area (Å²) in [7, 11) is -3.78. The first kappa shape index (κ1) is 13.8. The highest BCUT2D eigenvalue weighted by Crippen LogP contribution is 2.18. The monoisotopic (exact) mass is 260 g/mol. The number of sulfone groups is 1. The van der Waals surface area contributed by atoms with Crippen LogP contribution < -0.4 is 5.32 Å². The van der Waals surface area contributed by atoms with Crippen LogP contribution in [0.4, 0.5) is 0 Å². The number of hydrogen-bond donors (Lipinski definition) is 1. The molecule has 0 aliphatic heterocycles. The highest BCUT2D eigenvalue weighted by Gasteiger charge is 2.20. The number of hydrogen-bond acceptors (Lipinski definition) is 4. The molecule has 1 N–H and O–H groups in total. The zero-order chi connectivity index (χ0) is 13.6. The van der Waals surface area contributed by atoms with Gasteiger partial charge in [-0.25, -0.2) is 8.42 Å². The molecule has 5 heteroatoms. The maximum atomic E-state index is 12.1. The third-order valence-electron chi connectivity index (χ3n) is 2.17. The maximum absolute atomic E-state index is 12.1. The fourth-order valence-electron chi connectivity index (χ4n) is 1.22. The molecule has 1 aromatic rings. The lowest BCUT2D eigenvalue weighted by Crippen LogP contribution is -2.10. The Morgan fingerprint density at radius 2 is 2.06 bits per heavy atom. The van der Waals surface area contributed by atoms with Gasteiger partial charge in [-0.1, -0.05) is 23.6 Å². The Bertz CT molecular complexity index is 629. The van der Waals surface area contributed by atoms with E-state index in [4.69, 9.17) is 11.7 Å². The van der Waals surface area contributed by atoms with E-state index in [-0.39, 0.29) is 16.3 Å². The molecule has 0 aromatic heterocycles. The third-order valence-corrected chi connectivity index (χ3v) is 3.85. The van der Waals surface area contributed by atoms with E-state index in [0.29, 0.717) is 0 Å². The van der Waals surface area contributed by atoms with Crippen LogP contribution in [0, 0.1) is 30.6 Å². The van der Waals surface area contributed by atoms with Gasteiger partial charge >= 0.3 is 0 Å². The van der Waals surface area contributed by atoms with Gasteiger partial charge < -0.3 is 5.32 Å². The van der Waals surface area contributed by atoms with Crippen LogP contribution in [0.2, 0.25) is 0 Å². The van der Waals surface area contributed by atoms with Crippen LogP contribution >= 0.6 is 0 Å². The summed E-state index contributed by atoms with van der Waals surface area (Å²) in [6, 6.07) is 7.95. The van der Waals surface area contributed by atoms with Crippen molar-refractivity contribution in [2.24, 2.45) is 0 Å². The number of nitrogens with zero attached hydrogens (tertiary/aromatic N) is 1. The Hall–Kier alpha value is -2.24. The van der Waals surface area contributed by atoms with Crippen LogP contribution in [0.15, 0.2) is 40.3 Å². The van der Waals surface area contributed by atoms with Crippen molar-refractivity contribution >= 4 is 9.84 Å². The molecule has 0 saturated carbocycles. The molecule has 0 aliphatic rings. The zero-order valence-corrected chi connectivity index (χ0v) is 10.7. The SMILES string of the molecule is C#CCN/C=C(/C#N)S(=O)(=O)c1ccc(C)cc1. The van der Waals surface area contributed by atoms with Gasteiger partial charge in [0, 0.05) is 6.20 Å². The molecule has 0 aliphatic carbocycles. The van der Waals surface area contributed by atoms with Gasteiger partial charge in [0.2, 0.25) is 9.84 Å². The number of nitriles is 1. The average Bonchev–Trinajstić information content (AvgIpc) is 2.35. The molecule has 0 spiro atoms. The van der Waals surface area contributed by atoms with Crippen molar-refractivity contribution < 1.29 is 8.42 Å². The smallest absolute Gasteiger partial charge is 0.218 e. The van der Waals surface area contributed by atoms with Crippen LogP contribution in [-0.4, -0.2) is 15.0 Å². The molecule has 0 unspecified atom stereocenters. The quantitative estimate of drug-likeness (QED) is 0.504. The van der Waals surface area contributed by atoms with E-state index < -0.39 is 9.84 Å². The van der Waals surface area contributed by atoms with Crippen molar-refractivity contribution in [2.75, 3.05) is 6.54 Å². The van der Waals surface area contributed by atoms with Crippen molar-refractivity contribution in [3.63, 3.8) is 0 Å². The van der Waals surface area contributed by atoms with Crippen molar-refractivity contribution in [3.8, 4) is 18.4 Å². The van der Waals surface area contributed by atoms with Crippen LogP contribution in [0.3, 0.4) is 0 Å². The van der Waals surface area contributed by atoms with E-state index in [2.05, 4.69) is 11.2 Å². The van der Waals surface area contributed by atoms with Gasteiger partial charge in [0.15, 0.2) is 4.91 Å². The lowest BCUT2D eigenvalue weighted by atomic mass is 10.2. The van der Waals surface area contributed by atoms with E-state index >= 15 is 0 Å². The molecule has 0 bridgehead atoms. The van der Waals surface area contributed by atoms with E-state index in [1.54, 1.807) is 18.2 Å². The molecule has 0 radical (unpaired) electrons. The van der Waals surface area contributed by atoms with Gasteiger partial charge in [-0.15, -0.1) is 6.42 Å². The summed E-state index contributed by atoms with van der Waals surface area (Å²) in [4.78, 5) is -0.273. The second-order valence-electron chi connectivity index (χ2n) is 3.52. The molecule has 18 heavy (non-hydrogen) atoms. The Morgan fingerprint density at radius 1 is 1.44 bits per heavy atom. The molecule has 0 atom stereocenters. The van der Waals surface area contributed by atoms with Crippen LogP contribution in [0.5, 0.6) is 0 Å². The standard InChI is InChI=1S/C13H12N2O2S/c1-3-8-15-10-13(9-14)18(16,17)12-6-4-11(2)5-7-12/h1,4-7,10,15H,8H2,2H3/b13-10-. The average molecular weight is 260 g/mol. The van der Waals surface area contributed by atoms with Crippen molar-refractivity contribution in [1.29, 1.82) is 5.26 Å². The highest BCUT2D eigenvalue weighted by molar-refractivity contribution is 7.95. The molecule has 0 heterocycles. The van der Waals surface area contributed by atoms with Crippen molar-refractivity contribution in [1.82, 2.24) is 5.32 Å².